The number of halogens is 4. The third kappa shape index (κ3) is 3.66. The quantitative estimate of drug-likeness (QED) is 0.775. The fourth-order valence-electron chi connectivity index (χ4n) is 2.04. The van der Waals surface area contributed by atoms with Gasteiger partial charge in [0, 0.05) is 6.20 Å². The number of carbonyl (C=O) groups excluding carboxylic acids is 1. The third-order valence-corrected chi connectivity index (χ3v) is 3.78. The summed E-state index contributed by atoms with van der Waals surface area (Å²) in [6, 6.07) is 2.44. The van der Waals surface area contributed by atoms with E-state index in [0.717, 1.165) is 18.4 Å². The fraction of sp³-hybridized carbons (Fsp3) is 0.400. The Bertz CT molecular complexity index is 672. The van der Waals surface area contributed by atoms with E-state index >= 15 is 0 Å². The number of ketones is 1. The number of allylic oxidation sites excluding steroid dienone is 2. The second-order valence-corrected chi connectivity index (χ2v) is 5.62. The first kappa shape index (κ1) is 16.5. The Morgan fingerprint density at radius 1 is 1.55 bits per heavy atom. The minimum absolute atomic E-state index is 0.151. The van der Waals surface area contributed by atoms with E-state index in [1.165, 1.54) is 6.08 Å². The molecule has 1 aromatic rings. The van der Waals surface area contributed by atoms with Crippen molar-refractivity contribution in [3.63, 3.8) is 0 Å². The van der Waals surface area contributed by atoms with Gasteiger partial charge in [0.2, 0.25) is 0 Å². The summed E-state index contributed by atoms with van der Waals surface area (Å²) in [6.45, 7) is 1.80. The number of nitrogens with zero attached hydrogens (tertiary/aromatic N) is 2. The van der Waals surface area contributed by atoms with Crippen LogP contribution in [0.1, 0.15) is 36.9 Å². The summed E-state index contributed by atoms with van der Waals surface area (Å²) in [6.07, 6.45) is -0.625. The normalized spacial score (nSPS) is 17.0. The van der Waals surface area contributed by atoms with E-state index in [0.29, 0.717) is 18.2 Å². The molecule has 0 N–H and O–H groups in total. The number of hydrogen-bond donors (Lipinski definition) is 0. The van der Waals surface area contributed by atoms with E-state index in [9.17, 15) is 18.0 Å². The van der Waals surface area contributed by atoms with Crippen molar-refractivity contribution in [3.05, 3.63) is 40.2 Å². The molecule has 0 bridgehead atoms. The van der Waals surface area contributed by atoms with E-state index in [1.54, 1.807) is 13.0 Å². The average molecular weight is 329 g/mol. The molecule has 1 aromatic heterocycles. The van der Waals surface area contributed by atoms with Gasteiger partial charge < -0.3 is 0 Å². The number of pyridine rings is 1. The lowest BCUT2D eigenvalue weighted by Gasteiger charge is -2.11. The number of hydrogen-bond acceptors (Lipinski definition) is 3. The number of nitriles is 1. The molecule has 3 nitrogen and oxygen atoms in total. The van der Waals surface area contributed by atoms with Gasteiger partial charge in [0.15, 0.2) is 11.7 Å². The number of rotatable bonds is 4. The number of alkyl halides is 3. The minimum atomic E-state index is -4.58. The van der Waals surface area contributed by atoms with Gasteiger partial charge in [-0.05, 0) is 37.8 Å². The number of carbonyl (C=O) groups is 1. The van der Waals surface area contributed by atoms with Gasteiger partial charge >= 0.3 is 6.18 Å². The minimum Gasteiger partial charge on any atom is -0.293 e. The fourth-order valence-corrected chi connectivity index (χ4v) is 2.32. The largest absolute Gasteiger partial charge is 0.417 e. The first-order chi connectivity index (χ1) is 10.2. The molecule has 2 rings (SSSR count). The molecule has 1 heterocycles. The van der Waals surface area contributed by atoms with Crippen LogP contribution >= 0.6 is 11.6 Å². The summed E-state index contributed by atoms with van der Waals surface area (Å²) in [7, 11) is 0. The SMILES string of the molecule is C/C(=C\C(=O)C(C#N)c1ncc(C(F)(F)F)cc1Cl)C1CC1. The van der Waals surface area contributed by atoms with Gasteiger partial charge in [0.1, 0.15) is 0 Å². The topological polar surface area (TPSA) is 53.8 Å². The molecule has 0 aliphatic heterocycles. The Balaban J connectivity index is 2.30. The van der Waals surface area contributed by atoms with Crippen molar-refractivity contribution in [2.75, 3.05) is 0 Å². The Morgan fingerprint density at radius 2 is 2.18 bits per heavy atom. The second kappa shape index (κ2) is 6.09. The van der Waals surface area contributed by atoms with Gasteiger partial charge in [-0.2, -0.15) is 18.4 Å². The summed E-state index contributed by atoms with van der Waals surface area (Å²) in [4.78, 5) is 15.7. The molecule has 1 aliphatic carbocycles. The van der Waals surface area contributed by atoms with Crippen LogP contribution < -0.4 is 0 Å². The smallest absolute Gasteiger partial charge is 0.293 e. The van der Waals surface area contributed by atoms with Gasteiger partial charge in [-0.1, -0.05) is 17.2 Å². The van der Waals surface area contributed by atoms with Gasteiger partial charge in [-0.25, -0.2) is 0 Å². The molecule has 1 aliphatic rings. The molecule has 7 heteroatoms. The Kier molecular flexibility index (Phi) is 4.57. The van der Waals surface area contributed by atoms with Crippen molar-refractivity contribution in [2.45, 2.75) is 31.9 Å². The van der Waals surface area contributed by atoms with E-state index < -0.39 is 23.4 Å². The Labute approximate surface area is 130 Å². The highest BCUT2D eigenvalue weighted by Crippen LogP contribution is 2.37. The predicted molar refractivity (Wildman–Crippen MR) is 74.1 cm³/mol. The lowest BCUT2D eigenvalue weighted by Crippen LogP contribution is -2.13. The average Bonchev–Trinajstić information content (AvgIpc) is 3.24. The van der Waals surface area contributed by atoms with Crippen molar-refractivity contribution < 1.29 is 18.0 Å². The summed E-state index contributed by atoms with van der Waals surface area (Å²) in [5, 5.41) is 8.81. The van der Waals surface area contributed by atoms with E-state index in [4.69, 9.17) is 16.9 Å². The first-order valence-corrected chi connectivity index (χ1v) is 6.96. The summed E-state index contributed by atoms with van der Waals surface area (Å²) in [5.74, 6) is -1.45. The van der Waals surface area contributed by atoms with Crippen LogP contribution in [0.15, 0.2) is 23.9 Å². The molecular formula is C15H12ClF3N2O. The molecule has 1 saturated carbocycles. The molecule has 0 amide bonds. The van der Waals surface area contributed by atoms with Crippen molar-refractivity contribution in [1.29, 1.82) is 5.26 Å². The highest BCUT2D eigenvalue weighted by Gasteiger charge is 2.33. The maximum absolute atomic E-state index is 12.6. The van der Waals surface area contributed by atoms with Crippen LogP contribution in [0.5, 0.6) is 0 Å². The van der Waals surface area contributed by atoms with Crippen molar-refractivity contribution >= 4 is 17.4 Å². The molecular weight excluding hydrogens is 317 g/mol. The molecule has 22 heavy (non-hydrogen) atoms. The number of aromatic nitrogens is 1. The van der Waals surface area contributed by atoms with Crippen molar-refractivity contribution in [1.82, 2.24) is 4.98 Å². The van der Waals surface area contributed by atoms with Gasteiger partial charge in [0.25, 0.3) is 0 Å². The molecule has 0 aromatic carbocycles. The molecule has 1 atom stereocenters. The molecule has 1 unspecified atom stereocenters. The van der Waals surface area contributed by atoms with Crippen LogP contribution in [0.4, 0.5) is 13.2 Å². The zero-order chi connectivity index (χ0) is 16.5. The first-order valence-electron chi connectivity index (χ1n) is 6.58. The van der Waals surface area contributed by atoms with Gasteiger partial charge in [-0.15, -0.1) is 0 Å². The zero-order valence-corrected chi connectivity index (χ0v) is 12.4. The summed E-state index contributed by atoms with van der Waals surface area (Å²) in [5.41, 5.74) is -0.301. The molecule has 0 spiro atoms. The second-order valence-electron chi connectivity index (χ2n) is 5.22. The van der Waals surface area contributed by atoms with Crippen molar-refractivity contribution in [3.8, 4) is 6.07 Å². The molecule has 1 fully saturated rings. The summed E-state index contributed by atoms with van der Waals surface area (Å²) >= 11 is 5.78. The third-order valence-electron chi connectivity index (χ3n) is 3.48. The van der Waals surface area contributed by atoms with Crippen molar-refractivity contribution in [2.24, 2.45) is 5.92 Å². The van der Waals surface area contributed by atoms with Crippen LogP contribution in [-0.2, 0) is 11.0 Å². The highest BCUT2D eigenvalue weighted by atomic mass is 35.5. The Morgan fingerprint density at radius 3 is 2.64 bits per heavy atom. The van der Waals surface area contributed by atoms with Crippen LogP contribution in [0, 0.1) is 17.2 Å². The predicted octanol–water partition coefficient (Wildman–Crippen LogP) is 4.29. The molecule has 0 saturated heterocycles. The monoisotopic (exact) mass is 328 g/mol. The van der Waals surface area contributed by atoms with E-state index in [1.807, 2.05) is 0 Å². The molecule has 0 radical (unpaired) electrons. The standard InChI is InChI=1S/C15H12ClF3N2O/c1-8(9-2-3-9)4-13(22)11(6-20)14-12(16)5-10(7-21-14)15(17,18)19/h4-5,7,9,11H,2-3H2,1H3/b8-4+. The molecule has 116 valence electrons. The van der Waals surface area contributed by atoms with Crippen LogP contribution in [-0.4, -0.2) is 10.8 Å². The summed E-state index contributed by atoms with van der Waals surface area (Å²) < 4.78 is 37.7. The maximum Gasteiger partial charge on any atom is 0.417 e. The Hall–Kier alpha value is -1.87. The van der Waals surface area contributed by atoms with Gasteiger partial charge in [0.05, 0.1) is 22.3 Å². The lowest BCUT2D eigenvalue weighted by molar-refractivity contribution is -0.137. The highest BCUT2D eigenvalue weighted by molar-refractivity contribution is 6.31. The maximum atomic E-state index is 12.6. The zero-order valence-electron chi connectivity index (χ0n) is 11.6. The van der Waals surface area contributed by atoms with Crippen LogP contribution in [0.3, 0.4) is 0 Å². The van der Waals surface area contributed by atoms with E-state index in [-0.39, 0.29) is 10.7 Å². The van der Waals surface area contributed by atoms with E-state index in [2.05, 4.69) is 4.98 Å². The van der Waals surface area contributed by atoms with Crippen LogP contribution in [0.2, 0.25) is 5.02 Å². The van der Waals surface area contributed by atoms with Crippen LogP contribution in [0.25, 0.3) is 0 Å². The van der Waals surface area contributed by atoms with Gasteiger partial charge in [-0.3, -0.25) is 9.78 Å². The lowest BCUT2D eigenvalue weighted by atomic mass is 9.98.